The molecule has 0 amide bonds. The minimum Gasteiger partial charge on any atom is -0.744 e. The lowest BCUT2D eigenvalue weighted by atomic mass is 9.49. The molecule has 2 atom stereocenters. The molecule has 0 aliphatic heterocycles. The summed E-state index contributed by atoms with van der Waals surface area (Å²) in [5, 5.41) is 0. The standard InChI is InChI=1S/C36H47FO7S/c1-21(2)28-16-30(23(5)12-32(28)45(39,40)41)42-20-35-17-24-13-26(18-35)33(27(14-24)19-35)43-34(38)25-8-9-29(37)31(15-25)44-36(22(3)4)10-6-7-11-36/h8-9,12,15-16,21-22,24,26-27,33H,6-7,10-11,13-14,17-20H2,1-5H3,(H,39,40,41)/p-1. The molecule has 2 aromatic carbocycles. The predicted molar refractivity (Wildman–Crippen MR) is 167 cm³/mol. The van der Waals surface area contributed by atoms with Crippen LogP contribution < -0.4 is 9.47 Å². The normalized spacial score (nSPS) is 28.6. The number of hydrogen-bond acceptors (Lipinski definition) is 7. The van der Waals surface area contributed by atoms with E-state index < -0.39 is 27.5 Å². The van der Waals surface area contributed by atoms with E-state index in [2.05, 4.69) is 13.8 Å². The van der Waals surface area contributed by atoms with Crippen LogP contribution in [0.4, 0.5) is 4.39 Å². The topological polar surface area (TPSA) is 102 Å². The van der Waals surface area contributed by atoms with Crippen molar-refractivity contribution in [3.8, 4) is 11.5 Å². The van der Waals surface area contributed by atoms with Crippen molar-refractivity contribution in [2.45, 2.75) is 115 Å². The van der Waals surface area contributed by atoms with Gasteiger partial charge in [-0.25, -0.2) is 17.6 Å². The Morgan fingerprint density at radius 3 is 2.27 bits per heavy atom. The fraction of sp³-hybridized carbons (Fsp3) is 0.639. The zero-order valence-electron chi connectivity index (χ0n) is 27.1. The Hall–Kier alpha value is -2.65. The number of benzene rings is 2. The predicted octanol–water partition coefficient (Wildman–Crippen LogP) is 7.94. The highest BCUT2D eigenvalue weighted by Gasteiger charge is 2.57. The zero-order valence-corrected chi connectivity index (χ0v) is 27.9. The Balaban J connectivity index is 1.15. The van der Waals surface area contributed by atoms with Gasteiger partial charge in [0.2, 0.25) is 0 Å². The molecule has 5 aliphatic carbocycles. The van der Waals surface area contributed by atoms with E-state index in [0.29, 0.717) is 35.0 Å². The van der Waals surface area contributed by atoms with Gasteiger partial charge in [0.05, 0.1) is 17.1 Å². The second-order valence-corrected chi connectivity index (χ2v) is 16.4. The van der Waals surface area contributed by atoms with Crippen molar-refractivity contribution >= 4 is 16.1 Å². The Morgan fingerprint density at radius 2 is 1.67 bits per heavy atom. The Kier molecular flexibility index (Phi) is 8.51. The van der Waals surface area contributed by atoms with E-state index in [1.165, 1.54) is 24.3 Å². The molecule has 5 aliphatic rings. The lowest BCUT2D eigenvalue weighted by Crippen LogP contribution is -2.56. The SMILES string of the molecule is Cc1cc(S(=O)(=O)[O-])c(C(C)C)cc1OCC12CC3CC(C1)C(OC(=O)c1ccc(F)c(OC4(C(C)C)CCCC4)c1)C(C3)C2. The fourth-order valence-electron chi connectivity index (χ4n) is 9.14. The van der Waals surface area contributed by atoms with Gasteiger partial charge in [-0.1, -0.05) is 27.7 Å². The largest absolute Gasteiger partial charge is 0.744 e. The van der Waals surface area contributed by atoms with Crippen LogP contribution >= 0.6 is 0 Å². The number of rotatable bonds is 10. The summed E-state index contributed by atoms with van der Waals surface area (Å²) in [7, 11) is -4.59. The summed E-state index contributed by atoms with van der Waals surface area (Å²) in [5.41, 5.74) is 0.956. The van der Waals surface area contributed by atoms with Gasteiger partial charge in [0.25, 0.3) is 0 Å². The van der Waals surface area contributed by atoms with E-state index in [1.807, 2.05) is 13.8 Å². The second kappa shape index (κ2) is 11.9. The Labute approximate surface area is 267 Å². The maximum atomic E-state index is 14.9. The van der Waals surface area contributed by atoms with Gasteiger partial charge in [-0.3, -0.25) is 0 Å². The van der Waals surface area contributed by atoms with Crippen LogP contribution in [0.1, 0.15) is 113 Å². The zero-order chi connectivity index (χ0) is 32.3. The Morgan fingerprint density at radius 1 is 1.00 bits per heavy atom. The summed E-state index contributed by atoms with van der Waals surface area (Å²) in [4.78, 5) is 13.3. The molecule has 0 heterocycles. The first-order valence-electron chi connectivity index (χ1n) is 16.6. The number of aryl methyl sites for hydroxylation is 1. The van der Waals surface area contributed by atoms with Gasteiger partial charge in [0, 0.05) is 5.41 Å². The van der Waals surface area contributed by atoms with E-state index in [4.69, 9.17) is 14.2 Å². The molecule has 5 fully saturated rings. The molecule has 2 aromatic rings. The van der Waals surface area contributed by atoms with Gasteiger partial charge < -0.3 is 18.8 Å². The molecule has 5 saturated carbocycles. The number of ether oxygens (including phenoxy) is 3. The number of esters is 1. The molecule has 4 bridgehead atoms. The van der Waals surface area contributed by atoms with Crippen LogP contribution in [-0.4, -0.2) is 37.3 Å². The minimum absolute atomic E-state index is 0.0452. The molecule has 7 rings (SSSR count). The molecule has 246 valence electrons. The van der Waals surface area contributed by atoms with Gasteiger partial charge in [0.1, 0.15) is 27.6 Å². The first-order chi connectivity index (χ1) is 21.2. The van der Waals surface area contributed by atoms with Gasteiger partial charge in [-0.2, -0.15) is 0 Å². The van der Waals surface area contributed by atoms with Crippen molar-refractivity contribution < 1.29 is 36.4 Å². The van der Waals surface area contributed by atoms with E-state index in [1.54, 1.807) is 13.0 Å². The maximum Gasteiger partial charge on any atom is 0.338 e. The van der Waals surface area contributed by atoms with Gasteiger partial charge in [-0.05, 0) is 136 Å². The lowest BCUT2D eigenvalue weighted by Gasteiger charge is -2.59. The number of halogens is 1. The number of carbonyl (C=O) groups excluding carboxylic acids is 1. The van der Waals surface area contributed by atoms with Crippen molar-refractivity contribution in [3.05, 3.63) is 52.8 Å². The molecular weight excluding hydrogens is 595 g/mol. The van der Waals surface area contributed by atoms with Crippen LogP contribution in [0.2, 0.25) is 0 Å². The van der Waals surface area contributed by atoms with Crippen LogP contribution in [-0.2, 0) is 14.9 Å². The van der Waals surface area contributed by atoms with Crippen LogP contribution in [0.25, 0.3) is 0 Å². The van der Waals surface area contributed by atoms with E-state index >= 15 is 0 Å². The second-order valence-electron chi connectivity index (χ2n) is 15.1. The first-order valence-corrected chi connectivity index (χ1v) is 18.0. The molecular formula is C36H46FO7S-. The van der Waals surface area contributed by atoms with Crippen molar-refractivity contribution in [1.29, 1.82) is 0 Å². The third kappa shape index (κ3) is 6.23. The summed E-state index contributed by atoms with van der Waals surface area (Å²) >= 11 is 0. The quantitative estimate of drug-likeness (QED) is 0.192. The van der Waals surface area contributed by atoms with Crippen LogP contribution in [0.3, 0.4) is 0 Å². The van der Waals surface area contributed by atoms with Crippen LogP contribution in [0.5, 0.6) is 11.5 Å². The molecule has 7 nitrogen and oxygen atoms in total. The molecule has 0 radical (unpaired) electrons. The van der Waals surface area contributed by atoms with E-state index in [9.17, 15) is 22.2 Å². The van der Waals surface area contributed by atoms with Gasteiger partial charge in [0.15, 0.2) is 11.6 Å². The third-order valence-corrected chi connectivity index (χ3v) is 12.2. The molecule has 0 spiro atoms. The third-order valence-electron chi connectivity index (χ3n) is 11.3. The molecule has 0 aromatic heterocycles. The average Bonchev–Trinajstić information content (AvgIpc) is 3.44. The van der Waals surface area contributed by atoms with Crippen molar-refractivity contribution in [1.82, 2.24) is 0 Å². The molecule has 2 unspecified atom stereocenters. The van der Waals surface area contributed by atoms with E-state index in [-0.39, 0.29) is 45.8 Å². The summed E-state index contributed by atoms with van der Waals surface area (Å²) in [6, 6.07) is 7.47. The maximum absolute atomic E-state index is 14.9. The smallest absolute Gasteiger partial charge is 0.338 e. The molecule has 9 heteroatoms. The highest BCUT2D eigenvalue weighted by Crippen LogP contribution is 2.61. The van der Waals surface area contributed by atoms with Crippen LogP contribution in [0, 0.1) is 41.8 Å². The number of hydrogen-bond donors (Lipinski definition) is 0. The average molecular weight is 642 g/mol. The number of carbonyl (C=O) groups is 1. The minimum atomic E-state index is -4.59. The summed E-state index contributed by atoms with van der Waals surface area (Å²) in [6.07, 6.45) is 8.52. The van der Waals surface area contributed by atoms with Crippen molar-refractivity contribution in [2.24, 2.45) is 29.1 Å². The summed E-state index contributed by atoms with van der Waals surface area (Å²) < 4.78 is 69.5. The molecule has 0 N–H and O–H groups in total. The highest BCUT2D eigenvalue weighted by atomic mass is 32.2. The fourth-order valence-corrected chi connectivity index (χ4v) is 10.0. The van der Waals surface area contributed by atoms with E-state index in [0.717, 1.165) is 57.8 Å². The summed E-state index contributed by atoms with van der Waals surface area (Å²) in [6.45, 7) is 10.2. The summed E-state index contributed by atoms with van der Waals surface area (Å²) in [5.74, 6) is 0.914. The van der Waals surface area contributed by atoms with Crippen molar-refractivity contribution in [2.75, 3.05) is 6.61 Å². The highest BCUT2D eigenvalue weighted by molar-refractivity contribution is 7.85. The van der Waals surface area contributed by atoms with Gasteiger partial charge in [-0.15, -0.1) is 0 Å². The molecule has 0 saturated heterocycles. The monoisotopic (exact) mass is 641 g/mol. The van der Waals surface area contributed by atoms with Crippen LogP contribution in [0.15, 0.2) is 35.2 Å². The first kappa shape index (κ1) is 32.3. The Bertz CT molecular complexity index is 1540. The van der Waals surface area contributed by atoms with Crippen molar-refractivity contribution in [3.63, 3.8) is 0 Å². The lowest BCUT2D eigenvalue weighted by molar-refractivity contribution is -0.148. The van der Waals surface area contributed by atoms with Gasteiger partial charge >= 0.3 is 5.97 Å². The molecule has 45 heavy (non-hydrogen) atoms.